The third kappa shape index (κ3) is 5.51. The highest BCUT2D eigenvalue weighted by Crippen LogP contribution is 2.34. The summed E-state index contributed by atoms with van der Waals surface area (Å²) in [5.74, 6) is 1.51. The van der Waals surface area contributed by atoms with Gasteiger partial charge in [0.15, 0.2) is 12.2 Å². The zero-order valence-corrected chi connectivity index (χ0v) is 20.6. The van der Waals surface area contributed by atoms with E-state index in [1.807, 2.05) is 30.3 Å². The Bertz CT molecular complexity index is 1320. The van der Waals surface area contributed by atoms with Crippen LogP contribution in [0.4, 0.5) is 5.69 Å². The van der Waals surface area contributed by atoms with Gasteiger partial charge in [-0.3, -0.25) is 4.79 Å². The van der Waals surface area contributed by atoms with Gasteiger partial charge in [-0.05, 0) is 78.8 Å². The monoisotopic (exact) mass is 488 g/mol. The molecule has 0 aliphatic heterocycles. The lowest BCUT2D eigenvalue weighted by Crippen LogP contribution is -2.20. The summed E-state index contributed by atoms with van der Waals surface area (Å²) in [6.07, 6.45) is 7.40. The van der Waals surface area contributed by atoms with Crippen LogP contribution < -0.4 is 10.1 Å². The summed E-state index contributed by atoms with van der Waals surface area (Å²) in [4.78, 5) is 17.1. The molecule has 0 saturated heterocycles. The number of rotatable bonds is 7. The van der Waals surface area contributed by atoms with Crippen molar-refractivity contribution in [2.75, 3.05) is 11.9 Å². The van der Waals surface area contributed by atoms with Crippen molar-refractivity contribution in [3.8, 4) is 17.2 Å². The lowest BCUT2D eigenvalue weighted by atomic mass is 9.84. The van der Waals surface area contributed by atoms with Crippen LogP contribution in [-0.2, 0) is 11.2 Å². The van der Waals surface area contributed by atoms with Crippen molar-refractivity contribution in [2.45, 2.75) is 51.4 Å². The van der Waals surface area contributed by atoms with E-state index < -0.39 is 0 Å². The summed E-state index contributed by atoms with van der Waals surface area (Å²) in [6.45, 7) is 2.02. The number of carbonyl (C=O) groups is 1. The van der Waals surface area contributed by atoms with Crippen molar-refractivity contribution >= 4 is 34.3 Å². The molecule has 1 N–H and O–H groups in total. The Kier molecular flexibility index (Phi) is 7.05. The largest absolute Gasteiger partial charge is 0.484 e. The molecular weight excluding hydrogens is 460 g/mol. The van der Waals surface area contributed by atoms with Gasteiger partial charge in [-0.25, -0.2) is 4.98 Å². The second kappa shape index (κ2) is 10.5. The zero-order chi connectivity index (χ0) is 24.2. The Morgan fingerprint density at radius 2 is 1.86 bits per heavy atom. The van der Waals surface area contributed by atoms with Gasteiger partial charge in [0.2, 0.25) is 5.89 Å². The van der Waals surface area contributed by atoms with Crippen molar-refractivity contribution in [1.82, 2.24) is 4.98 Å². The lowest BCUT2D eigenvalue weighted by molar-refractivity contribution is -0.118. The third-order valence-electron chi connectivity index (χ3n) is 6.67. The molecule has 180 valence electrons. The van der Waals surface area contributed by atoms with Crippen LogP contribution in [0.2, 0.25) is 5.02 Å². The molecular formula is C29H29ClN2O3. The fourth-order valence-electron chi connectivity index (χ4n) is 4.69. The number of amides is 1. The van der Waals surface area contributed by atoms with Crippen LogP contribution in [-0.4, -0.2) is 17.5 Å². The van der Waals surface area contributed by atoms with Gasteiger partial charge in [0.1, 0.15) is 11.3 Å². The molecule has 5 nitrogen and oxygen atoms in total. The molecule has 1 aliphatic rings. The molecule has 0 bridgehead atoms. The molecule has 1 heterocycles. The topological polar surface area (TPSA) is 64.4 Å². The first-order valence-electron chi connectivity index (χ1n) is 12.3. The van der Waals surface area contributed by atoms with Crippen molar-refractivity contribution in [2.24, 2.45) is 0 Å². The number of nitrogens with one attached hydrogen (secondary N) is 1. The average molecular weight is 489 g/mol. The van der Waals surface area contributed by atoms with Crippen LogP contribution in [0.25, 0.3) is 22.6 Å². The Labute approximate surface area is 210 Å². The molecule has 1 saturated carbocycles. The van der Waals surface area contributed by atoms with E-state index in [4.69, 9.17) is 20.8 Å². The number of fused-ring (bicyclic) bond motifs is 1. The molecule has 0 spiro atoms. The minimum Gasteiger partial charge on any atom is -0.484 e. The maximum atomic E-state index is 12.5. The molecule has 35 heavy (non-hydrogen) atoms. The van der Waals surface area contributed by atoms with Crippen LogP contribution in [0.5, 0.6) is 5.75 Å². The van der Waals surface area contributed by atoms with Crippen LogP contribution in [0.1, 0.15) is 56.1 Å². The van der Waals surface area contributed by atoms with Crippen LogP contribution >= 0.6 is 11.6 Å². The highest BCUT2D eigenvalue weighted by Gasteiger charge is 2.16. The molecule has 1 fully saturated rings. The summed E-state index contributed by atoms with van der Waals surface area (Å²) in [5.41, 5.74) is 5.26. The highest BCUT2D eigenvalue weighted by atomic mass is 35.5. The van der Waals surface area contributed by atoms with Crippen LogP contribution in [0.3, 0.4) is 0 Å². The molecule has 0 unspecified atom stereocenters. The van der Waals surface area contributed by atoms with Crippen molar-refractivity contribution in [1.29, 1.82) is 0 Å². The fraction of sp³-hybridized carbons (Fsp3) is 0.310. The first-order valence-corrected chi connectivity index (χ1v) is 12.7. The van der Waals surface area contributed by atoms with E-state index >= 15 is 0 Å². The number of hydrogen-bond donors (Lipinski definition) is 1. The third-order valence-corrected chi connectivity index (χ3v) is 7.00. The van der Waals surface area contributed by atoms with Crippen LogP contribution in [0.15, 0.2) is 65.1 Å². The predicted molar refractivity (Wildman–Crippen MR) is 140 cm³/mol. The van der Waals surface area contributed by atoms with Crippen molar-refractivity contribution in [3.05, 3.63) is 76.8 Å². The first kappa shape index (κ1) is 23.4. The van der Waals surface area contributed by atoms with E-state index in [2.05, 4.69) is 29.4 Å². The molecule has 1 aliphatic carbocycles. The molecule has 0 atom stereocenters. The van der Waals surface area contributed by atoms with E-state index in [0.29, 0.717) is 39.4 Å². The number of hydrogen-bond acceptors (Lipinski definition) is 4. The van der Waals surface area contributed by atoms with E-state index in [-0.39, 0.29) is 12.5 Å². The molecule has 3 aromatic carbocycles. The highest BCUT2D eigenvalue weighted by molar-refractivity contribution is 6.33. The number of carbonyl (C=O) groups excluding carboxylic acids is 1. The van der Waals surface area contributed by atoms with E-state index in [9.17, 15) is 4.79 Å². The smallest absolute Gasteiger partial charge is 0.262 e. The molecule has 1 aromatic heterocycles. The number of aromatic nitrogens is 1. The number of ether oxygens (including phenoxy) is 1. The summed E-state index contributed by atoms with van der Waals surface area (Å²) in [7, 11) is 0. The second-order valence-electron chi connectivity index (χ2n) is 9.11. The maximum absolute atomic E-state index is 12.5. The summed E-state index contributed by atoms with van der Waals surface area (Å²) >= 11 is 6.43. The molecule has 0 radical (unpaired) electrons. The summed E-state index contributed by atoms with van der Waals surface area (Å²) in [5, 5.41) is 3.37. The number of oxazole rings is 1. The van der Waals surface area contributed by atoms with Gasteiger partial charge in [-0.2, -0.15) is 0 Å². The van der Waals surface area contributed by atoms with Crippen LogP contribution in [0, 0.1) is 0 Å². The predicted octanol–water partition coefficient (Wildman–Crippen LogP) is 7.78. The van der Waals surface area contributed by atoms with Gasteiger partial charge in [0.25, 0.3) is 5.91 Å². The zero-order valence-electron chi connectivity index (χ0n) is 19.9. The van der Waals surface area contributed by atoms with Gasteiger partial charge >= 0.3 is 0 Å². The van der Waals surface area contributed by atoms with Gasteiger partial charge < -0.3 is 14.5 Å². The molecule has 1 amide bonds. The first-order chi connectivity index (χ1) is 17.1. The van der Waals surface area contributed by atoms with Gasteiger partial charge in [0.05, 0.1) is 10.6 Å². The van der Waals surface area contributed by atoms with Gasteiger partial charge in [0, 0.05) is 5.69 Å². The fourth-order valence-corrected chi connectivity index (χ4v) is 4.89. The minimum absolute atomic E-state index is 0.0799. The second-order valence-corrected chi connectivity index (χ2v) is 9.52. The minimum atomic E-state index is -0.250. The van der Waals surface area contributed by atoms with Gasteiger partial charge in [-0.1, -0.05) is 56.0 Å². The molecule has 6 heteroatoms. The number of benzene rings is 3. The van der Waals surface area contributed by atoms with Gasteiger partial charge in [-0.15, -0.1) is 0 Å². The quantitative estimate of drug-likeness (QED) is 0.288. The number of anilines is 1. The normalized spacial score (nSPS) is 14.2. The molecule has 4 aromatic rings. The number of aryl methyl sites for hydroxylation is 1. The molecule has 5 rings (SSSR count). The summed E-state index contributed by atoms with van der Waals surface area (Å²) in [6, 6.07) is 19.4. The standard InChI is InChI=1S/C29H29ClN2O3/c1-2-19-8-15-27-26(16-19)32-29(35-27)24-17-22(11-14-25(24)30)31-28(33)18-34-23-12-9-21(10-13-23)20-6-4-3-5-7-20/h8-17,20H,2-7,18H2,1H3,(H,31,33). The Balaban J connectivity index is 1.22. The van der Waals surface area contributed by atoms with Crippen molar-refractivity contribution in [3.63, 3.8) is 0 Å². The van der Waals surface area contributed by atoms with E-state index in [0.717, 1.165) is 11.9 Å². The maximum Gasteiger partial charge on any atom is 0.262 e. The Morgan fingerprint density at radius 1 is 1.06 bits per heavy atom. The summed E-state index contributed by atoms with van der Waals surface area (Å²) < 4.78 is 11.6. The SMILES string of the molecule is CCc1ccc2oc(-c3cc(NC(=O)COc4ccc(C5CCCCC5)cc4)ccc3Cl)nc2c1. The Hall–Kier alpha value is -3.31. The number of halogens is 1. The lowest BCUT2D eigenvalue weighted by Gasteiger charge is -2.22. The van der Waals surface area contributed by atoms with E-state index in [1.54, 1.807) is 18.2 Å². The average Bonchev–Trinajstić information content (AvgIpc) is 3.32. The Morgan fingerprint density at radius 3 is 2.63 bits per heavy atom. The number of nitrogens with zero attached hydrogens (tertiary/aromatic N) is 1. The van der Waals surface area contributed by atoms with E-state index in [1.165, 1.54) is 43.2 Å². The van der Waals surface area contributed by atoms with Crippen molar-refractivity contribution < 1.29 is 13.9 Å².